The second-order valence-corrected chi connectivity index (χ2v) is 6.09. The van der Waals surface area contributed by atoms with Crippen LogP contribution in [0.4, 0.5) is 0 Å². The van der Waals surface area contributed by atoms with Gasteiger partial charge in [-0.25, -0.2) is 0 Å². The molecule has 1 N–H and O–H groups in total. The van der Waals surface area contributed by atoms with Crippen LogP contribution < -0.4 is 0 Å². The zero-order valence-corrected chi connectivity index (χ0v) is 16.5. The number of hydrogen-bond donors (Lipinski definition) is 1. The van der Waals surface area contributed by atoms with Crippen LogP contribution in [0.1, 0.15) is 64.7 Å². The van der Waals surface area contributed by atoms with Crippen molar-refractivity contribution >= 4 is 5.97 Å². The highest BCUT2D eigenvalue weighted by Gasteiger charge is 1.98. The molecule has 26 heavy (non-hydrogen) atoms. The van der Waals surface area contributed by atoms with Gasteiger partial charge >= 0.3 is 5.97 Å². The molecular weight excluding hydrogens is 324 g/mol. The second kappa shape index (κ2) is 19.5. The lowest BCUT2D eigenvalue weighted by molar-refractivity contribution is -0.140. The number of aliphatic hydroxyl groups excluding tert-OH is 1. The molecule has 3 heteroatoms. The first kappa shape index (κ1) is 24.1. The first-order valence-electron chi connectivity index (χ1n) is 9.73. The van der Waals surface area contributed by atoms with Crippen molar-refractivity contribution in [3.8, 4) is 0 Å². The summed E-state index contributed by atoms with van der Waals surface area (Å²) < 4.78 is 4.60. The van der Waals surface area contributed by atoms with Crippen LogP contribution in [0.3, 0.4) is 0 Å². The van der Waals surface area contributed by atoms with E-state index in [2.05, 4.69) is 48.1 Å². The molecule has 0 aliphatic heterocycles. The maximum absolute atomic E-state index is 10.9. The number of rotatable bonds is 15. The largest absolute Gasteiger partial charge is 0.469 e. The van der Waals surface area contributed by atoms with Crippen LogP contribution in [0.2, 0.25) is 0 Å². The first-order chi connectivity index (χ1) is 12.7. The van der Waals surface area contributed by atoms with Gasteiger partial charge in [0.25, 0.3) is 0 Å². The Morgan fingerprint density at radius 3 is 2.38 bits per heavy atom. The molecule has 0 radical (unpaired) electrons. The molecule has 0 heterocycles. The highest BCUT2D eigenvalue weighted by Crippen LogP contribution is 2.05. The third-order valence-corrected chi connectivity index (χ3v) is 3.72. The minimum Gasteiger partial charge on any atom is -0.469 e. The third-order valence-electron chi connectivity index (χ3n) is 3.72. The Balaban J connectivity index is 3.63. The summed E-state index contributed by atoms with van der Waals surface area (Å²) in [7, 11) is 1.42. The van der Waals surface area contributed by atoms with E-state index in [0.717, 1.165) is 44.9 Å². The van der Waals surface area contributed by atoms with E-state index in [1.54, 1.807) is 0 Å². The summed E-state index contributed by atoms with van der Waals surface area (Å²) in [5.41, 5.74) is 0. The number of allylic oxidation sites excluding steroid dienone is 8. The highest BCUT2D eigenvalue weighted by atomic mass is 16.5. The number of carbonyl (C=O) groups excluding carboxylic acids is 1. The Bertz CT molecular complexity index is 470. The van der Waals surface area contributed by atoms with Gasteiger partial charge < -0.3 is 9.84 Å². The zero-order valence-electron chi connectivity index (χ0n) is 16.5. The summed E-state index contributed by atoms with van der Waals surface area (Å²) in [6.07, 6.45) is 28.2. The standard InChI is InChI=1S/C23H36O3/c1-3-4-5-6-7-8-9-10-13-16-19-22(24)20-17-14-11-12-15-18-21-23(25)26-2/h4-5,7-8,10,13-14,16-17,19,22,24H,3,6,9,11-12,15,18,20-21H2,1-2H3/b5-4-,8-7-,13-10-,17-14-,19-16+/t22-/m0/s1. The van der Waals surface area contributed by atoms with Crippen molar-refractivity contribution in [1.82, 2.24) is 0 Å². The fourth-order valence-electron chi connectivity index (χ4n) is 2.20. The van der Waals surface area contributed by atoms with E-state index >= 15 is 0 Å². The Morgan fingerprint density at radius 1 is 0.923 bits per heavy atom. The van der Waals surface area contributed by atoms with Gasteiger partial charge in [-0.2, -0.15) is 0 Å². The fourth-order valence-corrected chi connectivity index (χ4v) is 2.20. The Kier molecular flexibility index (Phi) is 18.1. The highest BCUT2D eigenvalue weighted by molar-refractivity contribution is 5.68. The summed E-state index contributed by atoms with van der Waals surface area (Å²) in [6, 6.07) is 0. The summed E-state index contributed by atoms with van der Waals surface area (Å²) in [5.74, 6) is -0.135. The van der Waals surface area contributed by atoms with Crippen molar-refractivity contribution < 1.29 is 14.6 Å². The van der Waals surface area contributed by atoms with Gasteiger partial charge in [0, 0.05) is 6.42 Å². The van der Waals surface area contributed by atoms with Gasteiger partial charge in [0.05, 0.1) is 13.2 Å². The zero-order chi connectivity index (χ0) is 19.3. The van der Waals surface area contributed by atoms with E-state index < -0.39 is 6.10 Å². The molecule has 0 aromatic carbocycles. The maximum atomic E-state index is 10.9. The Hall–Kier alpha value is -1.87. The summed E-state index contributed by atoms with van der Waals surface area (Å²) in [4.78, 5) is 10.9. The van der Waals surface area contributed by atoms with Crippen LogP contribution in [0.25, 0.3) is 0 Å². The molecule has 0 amide bonds. The van der Waals surface area contributed by atoms with Gasteiger partial charge in [-0.1, -0.05) is 74.1 Å². The van der Waals surface area contributed by atoms with Crippen LogP contribution in [0.15, 0.2) is 60.8 Å². The van der Waals surface area contributed by atoms with Gasteiger partial charge in [-0.05, 0) is 44.9 Å². The molecule has 1 atom stereocenters. The molecule has 0 rings (SSSR count). The molecule has 0 aromatic rings. The number of ether oxygens (including phenoxy) is 1. The maximum Gasteiger partial charge on any atom is 0.305 e. The van der Waals surface area contributed by atoms with E-state index in [0.29, 0.717) is 12.8 Å². The van der Waals surface area contributed by atoms with Crippen molar-refractivity contribution in [2.45, 2.75) is 70.8 Å². The number of carbonyl (C=O) groups is 1. The summed E-state index contributed by atoms with van der Waals surface area (Å²) in [5, 5.41) is 9.86. The van der Waals surface area contributed by atoms with Gasteiger partial charge in [-0.3, -0.25) is 4.79 Å². The predicted octanol–water partition coefficient (Wildman–Crippen LogP) is 5.83. The molecule has 0 aromatic heterocycles. The van der Waals surface area contributed by atoms with Crippen LogP contribution in [0, 0.1) is 0 Å². The van der Waals surface area contributed by atoms with Crippen LogP contribution >= 0.6 is 0 Å². The van der Waals surface area contributed by atoms with Crippen molar-refractivity contribution in [2.24, 2.45) is 0 Å². The third kappa shape index (κ3) is 18.5. The summed E-state index contributed by atoms with van der Waals surface area (Å²) >= 11 is 0. The molecule has 0 fully saturated rings. The minimum atomic E-state index is -0.440. The fraction of sp³-hybridized carbons (Fsp3) is 0.522. The lowest BCUT2D eigenvalue weighted by atomic mass is 10.1. The monoisotopic (exact) mass is 360 g/mol. The van der Waals surface area contributed by atoms with Gasteiger partial charge in [0.2, 0.25) is 0 Å². The molecular formula is C23H36O3. The SMILES string of the molecule is CC/C=C\C/C=C\C/C=C\C=C\[C@H](O)C/C=C\CCCCCC(=O)OC. The molecule has 0 aliphatic rings. The first-order valence-corrected chi connectivity index (χ1v) is 9.73. The van der Waals surface area contributed by atoms with Crippen LogP contribution in [-0.2, 0) is 9.53 Å². The molecule has 0 saturated heterocycles. The number of unbranched alkanes of at least 4 members (excludes halogenated alkanes) is 3. The smallest absolute Gasteiger partial charge is 0.305 e. The normalized spacial score (nSPS) is 13.8. The average Bonchev–Trinajstić information content (AvgIpc) is 2.65. The van der Waals surface area contributed by atoms with Gasteiger partial charge in [-0.15, -0.1) is 0 Å². The van der Waals surface area contributed by atoms with Crippen molar-refractivity contribution in [3.63, 3.8) is 0 Å². The van der Waals surface area contributed by atoms with E-state index in [1.807, 2.05) is 24.3 Å². The number of methoxy groups -OCH3 is 1. The summed E-state index contributed by atoms with van der Waals surface area (Å²) in [6.45, 7) is 2.13. The van der Waals surface area contributed by atoms with Crippen molar-refractivity contribution in [1.29, 1.82) is 0 Å². The van der Waals surface area contributed by atoms with E-state index in [4.69, 9.17) is 0 Å². The van der Waals surface area contributed by atoms with Gasteiger partial charge in [0.1, 0.15) is 0 Å². The second-order valence-electron chi connectivity index (χ2n) is 6.09. The van der Waals surface area contributed by atoms with E-state index in [-0.39, 0.29) is 5.97 Å². The van der Waals surface area contributed by atoms with E-state index in [1.165, 1.54) is 7.11 Å². The molecule has 146 valence electrons. The van der Waals surface area contributed by atoms with Crippen molar-refractivity contribution in [3.05, 3.63) is 60.8 Å². The number of esters is 1. The number of aliphatic hydroxyl groups is 1. The molecule has 0 bridgehead atoms. The predicted molar refractivity (Wildman–Crippen MR) is 111 cm³/mol. The van der Waals surface area contributed by atoms with Crippen LogP contribution in [0.5, 0.6) is 0 Å². The van der Waals surface area contributed by atoms with Crippen LogP contribution in [-0.4, -0.2) is 24.3 Å². The Labute approximate surface area is 159 Å². The quantitative estimate of drug-likeness (QED) is 0.173. The molecule has 0 spiro atoms. The average molecular weight is 361 g/mol. The minimum absolute atomic E-state index is 0.135. The lowest BCUT2D eigenvalue weighted by Crippen LogP contribution is -1.99. The molecule has 0 unspecified atom stereocenters. The lowest BCUT2D eigenvalue weighted by Gasteiger charge is -2.00. The van der Waals surface area contributed by atoms with Crippen molar-refractivity contribution in [2.75, 3.05) is 7.11 Å². The molecule has 3 nitrogen and oxygen atoms in total. The van der Waals surface area contributed by atoms with Gasteiger partial charge in [0.15, 0.2) is 0 Å². The topological polar surface area (TPSA) is 46.5 Å². The Morgan fingerprint density at radius 2 is 1.65 bits per heavy atom. The number of hydrogen-bond acceptors (Lipinski definition) is 3. The van der Waals surface area contributed by atoms with E-state index in [9.17, 15) is 9.90 Å². The molecule has 0 saturated carbocycles. The molecule has 0 aliphatic carbocycles.